The number of hydrogen-bond donors (Lipinski definition) is 1. The van der Waals surface area contributed by atoms with Crippen molar-refractivity contribution in [3.63, 3.8) is 0 Å². The summed E-state index contributed by atoms with van der Waals surface area (Å²) in [5.74, 6) is 0.486. The second-order valence-electron chi connectivity index (χ2n) is 7.17. The van der Waals surface area contributed by atoms with Gasteiger partial charge in [-0.15, -0.1) is 0 Å². The summed E-state index contributed by atoms with van der Waals surface area (Å²) in [6.07, 6.45) is -0.480. The van der Waals surface area contributed by atoms with Crippen molar-refractivity contribution >= 4 is 0 Å². The van der Waals surface area contributed by atoms with Gasteiger partial charge in [0, 0.05) is 26.2 Å². The molecule has 0 saturated carbocycles. The van der Waals surface area contributed by atoms with E-state index in [1.165, 1.54) is 16.7 Å². The number of aryl methyl sites for hydroxylation is 1. The highest BCUT2D eigenvalue weighted by atomic mass is 16.5. The molecule has 0 unspecified atom stereocenters. The minimum Gasteiger partial charge on any atom is -0.389 e. The monoisotopic (exact) mass is 341 g/mol. The van der Waals surface area contributed by atoms with Crippen molar-refractivity contribution in [3.05, 3.63) is 71.3 Å². The van der Waals surface area contributed by atoms with Gasteiger partial charge >= 0.3 is 0 Å². The summed E-state index contributed by atoms with van der Waals surface area (Å²) in [7, 11) is 0. The Morgan fingerprint density at radius 3 is 2.28 bits per heavy atom. The first-order chi connectivity index (χ1) is 12.0. The van der Waals surface area contributed by atoms with Gasteiger partial charge in [0.2, 0.25) is 0 Å². The van der Waals surface area contributed by atoms with Crippen LogP contribution in [0.4, 0.5) is 0 Å². The molecule has 0 amide bonds. The van der Waals surface area contributed by atoms with Crippen LogP contribution in [-0.2, 0) is 17.8 Å². The maximum absolute atomic E-state index is 10.4. The minimum absolute atomic E-state index is 0.386. The zero-order valence-electron chi connectivity index (χ0n) is 15.7. The average molecular weight is 341 g/mol. The molecule has 25 heavy (non-hydrogen) atoms. The molecular formula is C22H31NO2. The van der Waals surface area contributed by atoms with Gasteiger partial charge in [-0.1, -0.05) is 68.4 Å². The Kier molecular flexibility index (Phi) is 8.13. The fourth-order valence-electron chi connectivity index (χ4n) is 2.85. The summed E-state index contributed by atoms with van der Waals surface area (Å²) in [5, 5.41) is 10.4. The van der Waals surface area contributed by atoms with Gasteiger partial charge in [-0.2, -0.15) is 0 Å². The SMILES string of the molecule is Cc1ccccc1CN(Cc1ccccc1)C[C@@H](O)COCC(C)C. The zero-order chi connectivity index (χ0) is 18.1. The highest BCUT2D eigenvalue weighted by Crippen LogP contribution is 2.14. The molecule has 2 rings (SSSR count). The van der Waals surface area contributed by atoms with Crippen LogP contribution < -0.4 is 0 Å². The van der Waals surface area contributed by atoms with Gasteiger partial charge < -0.3 is 9.84 Å². The quantitative estimate of drug-likeness (QED) is 0.708. The van der Waals surface area contributed by atoms with Crippen molar-refractivity contribution in [1.82, 2.24) is 4.90 Å². The number of ether oxygens (including phenoxy) is 1. The van der Waals surface area contributed by atoms with E-state index in [1.54, 1.807) is 0 Å². The highest BCUT2D eigenvalue weighted by Gasteiger charge is 2.14. The lowest BCUT2D eigenvalue weighted by Crippen LogP contribution is -2.34. The number of aliphatic hydroxyl groups excluding tert-OH is 1. The van der Waals surface area contributed by atoms with Crippen molar-refractivity contribution < 1.29 is 9.84 Å². The fourth-order valence-corrected chi connectivity index (χ4v) is 2.85. The predicted octanol–water partition coefficient (Wildman–Crippen LogP) is 4.03. The second kappa shape index (κ2) is 10.3. The Hall–Kier alpha value is -1.68. The van der Waals surface area contributed by atoms with Gasteiger partial charge in [-0.3, -0.25) is 4.90 Å². The Labute approximate surface area is 152 Å². The first kappa shape index (κ1) is 19.6. The van der Waals surface area contributed by atoms with E-state index in [1.807, 2.05) is 6.07 Å². The van der Waals surface area contributed by atoms with Gasteiger partial charge in [0.05, 0.1) is 12.7 Å². The molecular weight excluding hydrogens is 310 g/mol. The normalized spacial score (nSPS) is 12.7. The van der Waals surface area contributed by atoms with Crippen molar-refractivity contribution in [3.8, 4) is 0 Å². The number of benzene rings is 2. The molecule has 1 atom stereocenters. The van der Waals surface area contributed by atoms with Crippen LogP contribution in [0.15, 0.2) is 54.6 Å². The molecule has 2 aromatic carbocycles. The molecule has 0 saturated heterocycles. The van der Waals surface area contributed by atoms with Crippen molar-refractivity contribution in [2.45, 2.75) is 40.0 Å². The third-order valence-corrected chi connectivity index (χ3v) is 4.13. The van der Waals surface area contributed by atoms with Crippen LogP contribution in [0.5, 0.6) is 0 Å². The van der Waals surface area contributed by atoms with Gasteiger partial charge in [-0.25, -0.2) is 0 Å². The Bertz CT molecular complexity index is 612. The molecule has 0 spiro atoms. The Balaban J connectivity index is 2.00. The summed E-state index contributed by atoms with van der Waals surface area (Å²) < 4.78 is 5.61. The number of rotatable bonds is 10. The minimum atomic E-state index is -0.480. The van der Waals surface area contributed by atoms with E-state index in [2.05, 4.69) is 74.2 Å². The standard InChI is InChI=1S/C22H31NO2/c1-18(2)16-25-17-22(24)15-23(13-20-10-5-4-6-11-20)14-21-12-8-7-9-19(21)3/h4-12,18,22,24H,13-17H2,1-3H3/t22-/m1/s1. The van der Waals surface area contributed by atoms with Crippen LogP contribution >= 0.6 is 0 Å². The van der Waals surface area contributed by atoms with Crippen LogP contribution in [0.2, 0.25) is 0 Å². The van der Waals surface area contributed by atoms with Crippen LogP contribution in [0.25, 0.3) is 0 Å². The fraction of sp³-hybridized carbons (Fsp3) is 0.455. The lowest BCUT2D eigenvalue weighted by Gasteiger charge is -2.26. The summed E-state index contributed by atoms with van der Waals surface area (Å²) in [4.78, 5) is 2.29. The van der Waals surface area contributed by atoms with Crippen LogP contribution in [0, 0.1) is 12.8 Å². The van der Waals surface area contributed by atoms with Crippen LogP contribution in [0.1, 0.15) is 30.5 Å². The van der Waals surface area contributed by atoms with Gasteiger partial charge in [0.15, 0.2) is 0 Å². The predicted molar refractivity (Wildman–Crippen MR) is 103 cm³/mol. The summed E-state index contributed by atoms with van der Waals surface area (Å²) in [5.41, 5.74) is 3.84. The van der Waals surface area contributed by atoms with E-state index < -0.39 is 6.10 Å². The largest absolute Gasteiger partial charge is 0.389 e. The molecule has 1 N–H and O–H groups in total. The summed E-state index contributed by atoms with van der Waals surface area (Å²) in [6.45, 7) is 9.68. The van der Waals surface area contributed by atoms with Gasteiger partial charge in [-0.05, 0) is 29.5 Å². The van der Waals surface area contributed by atoms with E-state index in [9.17, 15) is 5.11 Å². The summed E-state index contributed by atoms with van der Waals surface area (Å²) >= 11 is 0. The molecule has 0 radical (unpaired) electrons. The number of nitrogens with zero attached hydrogens (tertiary/aromatic N) is 1. The first-order valence-corrected chi connectivity index (χ1v) is 9.11. The van der Waals surface area contributed by atoms with E-state index in [0.717, 1.165) is 13.1 Å². The van der Waals surface area contributed by atoms with Crippen molar-refractivity contribution in [1.29, 1.82) is 0 Å². The highest BCUT2D eigenvalue weighted by molar-refractivity contribution is 5.25. The maximum Gasteiger partial charge on any atom is 0.0900 e. The average Bonchev–Trinajstić information content (AvgIpc) is 2.57. The van der Waals surface area contributed by atoms with Gasteiger partial charge in [0.1, 0.15) is 0 Å². The van der Waals surface area contributed by atoms with Crippen LogP contribution in [0.3, 0.4) is 0 Å². The topological polar surface area (TPSA) is 32.7 Å². The van der Waals surface area contributed by atoms with Gasteiger partial charge in [0.25, 0.3) is 0 Å². The third-order valence-electron chi connectivity index (χ3n) is 4.13. The third kappa shape index (κ3) is 7.39. The smallest absolute Gasteiger partial charge is 0.0900 e. The molecule has 0 fully saturated rings. The lowest BCUT2D eigenvalue weighted by molar-refractivity contribution is 0.00552. The molecule has 0 aliphatic heterocycles. The Morgan fingerprint density at radius 2 is 1.60 bits per heavy atom. The molecule has 0 aromatic heterocycles. The molecule has 0 aliphatic carbocycles. The van der Waals surface area contributed by atoms with E-state index in [4.69, 9.17) is 4.74 Å². The first-order valence-electron chi connectivity index (χ1n) is 9.11. The molecule has 0 aliphatic rings. The second-order valence-corrected chi connectivity index (χ2v) is 7.17. The molecule has 2 aromatic rings. The van der Waals surface area contributed by atoms with Crippen LogP contribution in [-0.4, -0.2) is 35.9 Å². The molecule has 136 valence electrons. The number of hydrogen-bond acceptors (Lipinski definition) is 3. The molecule has 3 nitrogen and oxygen atoms in total. The Morgan fingerprint density at radius 1 is 0.920 bits per heavy atom. The zero-order valence-corrected chi connectivity index (χ0v) is 15.7. The lowest BCUT2D eigenvalue weighted by atomic mass is 10.1. The molecule has 0 heterocycles. The molecule has 3 heteroatoms. The maximum atomic E-state index is 10.4. The van der Waals surface area contributed by atoms with E-state index in [0.29, 0.717) is 25.7 Å². The van der Waals surface area contributed by atoms with Crippen molar-refractivity contribution in [2.24, 2.45) is 5.92 Å². The van der Waals surface area contributed by atoms with E-state index >= 15 is 0 Å². The number of aliphatic hydroxyl groups is 1. The van der Waals surface area contributed by atoms with Crippen molar-refractivity contribution in [2.75, 3.05) is 19.8 Å². The van der Waals surface area contributed by atoms with E-state index in [-0.39, 0.29) is 0 Å². The molecule has 0 bridgehead atoms. The summed E-state index contributed by atoms with van der Waals surface area (Å²) in [6, 6.07) is 18.9.